The molecule has 0 amide bonds. The van der Waals surface area contributed by atoms with Crippen molar-refractivity contribution >= 4 is 29.9 Å². The molecule has 0 unspecified atom stereocenters. The van der Waals surface area contributed by atoms with E-state index in [4.69, 9.17) is 9.47 Å². The van der Waals surface area contributed by atoms with Crippen molar-refractivity contribution in [2.75, 3.05) is 61.1 Å². The number of benzene rings is 1. The third kappa shape index (κ3) is 10.0. The van der Waals surface area contributed by atoms with Crippen LogP contribution in [0.5, 0.6) is 11.5 Å². The zero-order valence-corrected chi connectivity index (χ0v) is 18.6. The lowest BCUT2D eigenvalue weighted by Crippen LogP contribution is -2.41. The van der Waals surface area contributed by atoms with E-state index in [1.165, 1.54) is 0 Å². The van der Waals surface area contributed by atoms with Gasteiger partial charge in [0.2, 0.25) is 0 Å². The summed E-state index contributed by atoms with van der Waals surface area (Å²) in [6, 6.07) is 5.35. The highest BCUT2D eigenvalue weighted by atomic mass is 127. The molecule has 150 valence electrons. The Labute approximate surface area is 174 Å². The van der Waals surface area contributed by atoms with Crippen molar-refractivity contribution in [3.63, 3.8) is 0 Å². The summed E-state index contributed by atoms with van der Waals surface area (Å²) in [6.45, 7) is 4.24. The van der Waals surface area contributed by atoms with Crippen LogP contribution in [-0.2, 0) is 11.2 Å². The van der Waals surface area contributed by atoms with Crippen LogP contribution in [0.4, 0.5) is 0 Å². The van der Waals surface area contributed by atoms with Gasteiger partial charge in [-0.1, -0.05) is 6.07 Å². The summed E-state index contributed by atoms with van der Waals surface area (Å²) in [5.74, 6) is 1.67. The highest BCUT2D eigenvalue weighted by Crippen LogP contribution is 2.23. The fourth-order valence-electron chi connectivity index (χ4n) is 2.37. The number of hydrogen-bond donors (Lipinski definition) is 3. The topological polar surface area (TPSA) is 78.4 Å². The van der Waals surface area contributed by atoms with Crippen LogP contribution >= 0.6 is 24.0 Å². The van der Waals surface area contributed by atoms with E-state index in [2.05, 4.69) is 27.6 Å². The molecule has 1 aromatic carbocycles. The lowest BCUT2D eigenvalue weighted by molar-refractivity contribution is 0.180. The van der Waals surface area contributed by atoms with Crippen molar-refractivity contribution in [3.8, 4) is 11.5 Å². The Morgan fingerprint density at radius 1 is 1.19 bits per heavy atom. The van der Waals surface area contributed by atoms with Crippen LogP contribution in [-0.4, -0.2) is 77.1 Å². The second-order valence-electron chi connectivity index (χ2n) is 5.82. The molecule has 7 nitrogen and oxygen atoms in total. The Hall–Kier alpha value is -1.26. The molecule has 0 saturated carbocycles. The van der Waals surface area contributed by atoms with E-state index in [0.717, 1.165) is 44.2 Å². The van der Waals surface area contributed by atoms with Crippen LogP contribution in [0.2, 0.25) is 0 Å². The summed E-state index contributed by atoms with van der Waals surface area (Å²) >= 11 is 0. The van der Waals surface area contributed by atoms with Gasteiger partial charge in [0, 0.05) is 53.0 Å². The van der Waals surface area contributed by atoms with Gasteiger partial charge in [-0.05, 0) is 31.5 Å². The first kappa shape index (κ1) is 24.7. The SMILES string of the molecule is CN=C(NCCc1ccc(OC)cc1O)NCCN(C)CCCOC.I. The van der Waals surface area contributed by atoms with Crippen LogP contribution in [0, 0.1) is 0 Å². The van der Waals surface area contributed by atoms with Gasteiger partial charge >= 0.3 is 0 Å². The number of nitrogens with zero attached hydrogens (tertiary/aromatic N) is 2. The summed E-state index contributed by atoms with van der Waals surface area (Å²) in [5.41, 5.74) is 0.877. The normalized spacial score (nSPS) is 11.2. The number of hydrogen-bond acceptors (Lipinski definition) is 5. The third-order valence-corrected chi connectivity index (χ3v) is 3.88. The molecule has 1 rings (SSSR count). The fraction of sp³-hybridized carbons (Fsp3) is 0.611. The van der Waals surface area contributed by atoms with Crippen molar-refractivity contribution in [1.82, 2.24) is 15.5 Å². The Morgan fingerprint density at radius 3 is 2.54 bits per heavy atom. The van der Waals surface area contributed by atoms with Crippen LogP contribution < -0.4 is 15.4 Å². The van der Waals surface area contributed by atoms with Gasteiger partial charge in [0.05, 0.1) is 7.11 Å². The Kier molecular flexibility index (Phi) is 14.1. The number of phenols is 1. The summed E-state index contributed by atoms with van der Waals surface area (Å²) in [4.78, 5) is 6.47. The number of phenolic OH excluding ortho intramolecular Hbond substituents is 1. The van der Waals surface area contributed by atoms with Crippen molar-refractivity contribution in [2.45, 2.75) is 12.8 Å². The van der Waals surface area contributed by atoms with Crippen molar-refractivity contribution in [1.29, 1.82) is 0 Å². The zero-order chi connectivity index (χ0) is 18.5. The average Bonchev–Trinajstić information content (AvgIpc) is 2.61. The van der Waals surface area contributed by atoms with Crippen LogP contribution in [0.1, 0.15) is 12.0 Å². The quantitative estimate of drug-likeness (QED) is 0.194. The first-order chi connectivity index (χ1) is 12.1. The first-order valence-corrected chi connectivity index (χ1v) is 8.58. The van der Waals surface area contributed by atoms with Crippen LogP contribution in [0.25, 0.3) is 0 Å². The Morgan fingerprint density at radius 2 is 1.92 bits per heavy atom. The summed E-state index contributed by atoms with van der Waals surface area (Å²) < 4.78 is 10.1. The predicted octanol–water partition coefficient (Wildman–Crippen LogP) is 1.69. The molecule has 0 fully saturated rings. The maximum absolute atomic E-state index is 9.97. The third-order valence-electron chi connectivity index (χ3n) is 3.88. The zero-order valence-electron chi connectivity index (χ0n) is 16.2. The summed E-state index contributed by atoms with van der Waals surface area (Å²) in [7, 11) is 7.16. The summed E-state index contributed by atoms with van der Waals surface area (Å²) in [6.07, 6.45) is 1.73. The molecule has 0 bridgehead atoms. The lowest BCUT2D eigenvalue weighted by atomic mass is 10.1. The second-order valence-corrected chi connectivity index (χ2v) is 5.82. The molecular weight excluding hydrogens is 447 g/mol. The van der Waals surface area contributed by atoms with E-state index in [1.54, 1.807) is 27.3 Å². The van der Waals surface area contributed by atoms with E-state index in [-0.39, 0.29) is 29.7 Å². The second kappa shape index (κ2) is 14.9. The molecule has 0 atom stereocenters. The molecule has 0 aliphatic heterocycles. The molecule has 0 aliphatic rings. The number of likely N-dealkylation sites (N-methyl/N-ethyl adjacent to an activating group) is 1. The van der Waals surface area contributed by atoms with Gasteiger partial charge in [0.15, 0.2) is 5.96 Å². The highest BCUT2D eigenvalue weighted by Gasteiger charge is 2.04. The number of nitrogens with one attached hydrogen (secondary N) is 2. The minimum atomic E-state index is 0. The number of halogens is 1. The molecule has 0 saturated heterocycles. The monoisotopic (exact) mass is 480 g/mol. The van der Waals surface area contributed by atoms with E-state index in [9.17, 15) is 5.11 Å². The van der Waals surface area contributed by atoms with Crippen molar-refractivity contribution < 1.29 is 14.6 Å². The average molecular weight is 480 g/mol. The number of methoxy groups -OCH3 is 2. The van der Waals surface area contributed by atoms with Crippen LogP contribution in [0.15, 0.2) is 23.2 Å². The molecule has 0 heterocycles. The first-order valence-electron chi connectivity index (χ1n) is 8.58. The van der Waals surface area contributed by atoms with Gasteiger partial charge < -0.3 is 30.1 Å². The number of rotatable bonds is 11. The van der Waals surface area contributed by atoms with E-state index >= 15 is 0 Å². The summed E-state index contributed by atoms with van der Waals surface area (Å²) in [5, 5.41) is 16.5. The van der Waals surface area contributed by atoms with Gasteiger partial charge in [-0.25, -0.2) is 0 Å². The lowest BCUT2D eigenvalue weighted by Gasteiger charge is -2.18. The number of guanidine groups is 1. The standard InChI is InChI=1S/C18H32N4O3.HI/c1-19-18(21-10-12-22(2)11-5-13-24-3)20-9-8-15-6-7-16(25-4)14-17(15)23;/h6-7,14,23H,5,8-13H2,1-4H3,(H2,19,20,21);1H. The maximum atomic E-state index is 9.97. The number of ether oxygens (including phenoxy) is 2. The number of aliphatic imine (C=N–C) groups is 1. The smallest absolute Gasteiger partial charge is 0.191 e. The molecule has 0 radical (unpaired) electrons. The van der Waals surface area contributed by atoms with Crippen molar-refractivity contribution in [2.24, 2.45) is 4.99 Å². The van der Waals surface area contributed by atoms with E-state index < -0.39 is 0 Å². The molecule has 26 heavy (non-hydrogen) atoms. The fourth-order valence-corrected chi connectivity index (χ4v) is 2.37. The molecule has 0 spiro atoms. The predicted molar refractivity (Wildman–Crippen MR) is 117 cm³/mol. The Balaban J connectivity index is 0.00000625. The largest absolute Gasteiger partial charge is 0.508 e. The maximum Gasteiger partial charge on any atom is 0.191 e. The van der Waals surface area contributed by atoms with E-state index in [1.807, 2.05) is 12.1 Å². The van der Waals surface area contributed by atoms with E-state index in [0.29, 0.717) is 18.7 Å². The van der Waals surface area contributed by atoms with Gasteiger partial charge in [0.1, 0.15) is 11.5 Å². The molecular formula is C18H33IN4O3. The molecule has 8 heteroatoms. The van der Waals surface area contributed by atoms with Gasteiger partial charge in [0.25, 0.3) is 0 Å². The highest BCUT2D eigenvalue weighted by molar-refractivity contribution is 14.0. The molecule has 1 aromatic rings. The van der Waals surface area contributed by atoms with Gasteiger partial charge in [-0.3, -0.25) is 4.99 Å². The molecule has 0 aliphatic carbocycles. The van der Waals surface area contributed by atoms with Gasteiger partial charge in [-0.2, -0.15) is 0 Å². The number of aromatic hydroxyl groups is 1. The minimum Gasteiger partial charge on any atom is -0.508 e. The molecule has 0 aromatic heterocycles. The van der Waals surface area contributed by atoms with Gasteiger partial charge in [-0.15, -0.1) is 24.0 Å². The molecule has 3 N–H and O–H groups in total. The van der Waals surface area contributed by atoms with Crippen LogP contribution in [0.3, 0.4) is 0 Å². The minimum absolute atomic E-state index is 0. The Bertz CT molecular complexity index is 529. The van der Waals surface area contributed by atoms with Crippen molar-refractivity contribution in [3.05, 3.63) is 23.8 Å².